The summed E-state index contributed by atoms with van der Waals surface area (Å²) in [6.07, 6.45) is 8.74. The molecule has 0 heterocycles. The van der Waals surface area contributed by atoms with E-state index >= 15 is 0 Å². The van der Waals surface area contributed by atoms with Crippen LogP contribution in [0.1, 0.15) is 73.1 Å². The van der Waals surface area contributed by atoms with Crippen molar-refractivity contribution in [1.29, 1.82) is 0 Å². The van der Waals surface area contributed by atoms with Crippen LogP contribution < -0.4 is 10.6 Å². The van der Waals surface area contributed by atoms with Gasteiger partial charge in [0, 0.05) is 19.1 Å². The molecule has 0 amide bonds. The van der Waals surface area contributed by atoms with Crippen molar-refractivity contribution in [3.8, 4) is 0 Å². The number of hydrogen-bond donors (Lipinski definition) is 2. The summed E-state index contributed by atoms with van der Waals surface area (Å²) in [6, 6.07) is 0.744. The molecule has 0 aromatic rings. The lowest BCUT2D eigenvalue weighted by Gasteiger charge is -2.60. The van der Waals surface area contributed by atoms with Gasteiger partial charge in [-0.25, -0.2) is 0 Å². The summed E-state index contributed by atoms with van der Waals surface area (Å²) in [4.78, 5) is 0. The van der Waals surface area contributed by atoms with Crippen LogP contribution in [0.25, 0.3) is 0 Å². The van der Waals surface area contributed by atoms with Gasteiger partial charge in [-0.2, -0.15) is 0 Å². The number of fused-ring (bicyclic) bond motifs is 4. The lowest BCUT2D eigenvalue weighted by molar-refractivity contribution is -0.103. The third-order valence-electron chi connectivity index (χ3n) is 9.89. The molecular formula is C22H40N2. The third-order valence-corrected chi connectivity index (χ3v) is 9.89. The van der Waals surface area contributed by atoms with E-state index in [0.717, 1.165) is 42.8 Å². The minimum absolute atomic E-state index is 0.520. The quantitative estimate of drug-likeness (QED) is 0.702. The van der Waals surface area contributed by atoms with E-state index in [4.69, 9.17) is 0 Å². The number of hydrogen-bond acceptors (Lipinski definition) is 2. The molecule has 5 rings (SSSR count). The summed E-state index contributed by atoms with van der Waals surface area (Å²) in [5.74, 6) is 3.90. The smallest absolute Gasteiger partial charge is 0.0129 e. The van der Waals surface area contributed by atoms with Gasteiger partial charge in [-0.3, -0.25) is 0 Å². The van der Waals surface area contributed by atoms with Crippen LogP contribution in [-0.4, -0.2) is 25.7 Å². The fourth-order valence-electron chi connectivity index (χ4n) is 7.34. The van der Waals surface area contributed by atoms with Crippen LogP contribution in [0.15, 0.2) is 0 Å². The average molecular weight is 333 g/mol. The summed E-state index contributed by atoms with van der Waals surface area (Å²) in [6.45, 7) is 16.1. The lowest BCUT2D eigenvalue weighted by Crippen LogP contribution is -2.54. The molecule has 24 heavy (non-hydrogen) atoms. The molecule has 6 atom stereocenters. The maximum atomic E-state index is 3.92. The molecule has 0 aliphatic heterocycles. The highest BCUT2D eigenvalue weighted by Crippen LogP contribution is 2.65. The maximum Gasteiger partial charge on any atom is 0.0129 e. The monoisotopic (exact) mass is 332 g/mol. The van der Waals surface area contributed by atoms with E-state index in [1.165, 1.54) is 45.1 Å². The van der Waals surface area contributed by atoms with Crippen molar-refractivity contribution in [2.24, 2.45) is 39.9 Å². The predicted octanol–water partition coefficient (Wildman–Crippen LogP) is 4.45. The first-order valence-corrected chi connectivity index (χ1v) is 10.7. The molecule has 5 aliphatic carbocycles. The van der Waals surface area contributed by atoms with Crippen LogP contribution >= 0.6 is 0 Å². The first-order valence-electron chi connectivity index (χ1n) is 10.7. The van der Waals surface area contributed by atoms with Crippen molar-refractivity contribution in [2.75, 3.05) is 19.6 Å². The normalized spacial score (nSPS) is 47.6. The van der Waals surface area contributed by atoms with Crippen LogP contribution in [-0.2, 0) is 0 Å². The molecule has 0 aromatic carbocycles. The van der Waals surface area contributed by atoms with Gasteiger partial charge >= 0.3 is 0 Å². The van der Waals surface area contributed by atoms with E-state index in [0.29, 0.717) is 16.2 Å². The maximum absolute atomic E-state index is 3.92. The Balaban J connectivity index is 1.19. The summed E-state index contributed by atoms with van der Waals surface area (Å²) >= 11 is 0. The summed E-state index contributed by atoms with van der Waals surface area (Å²) < 4.78 is 0. The molecule has 2 nitrogen and oxygen atoms in total. The standard InChI is InChI=1S/C22H40N2/c1-20(2)16-7-6-15(18(20)12-16)14-23-10-11-24-19-13-17-8-9-22(19,5)21(17,3)4/h15-19,23-24H,6-14H2,1-5H3/t15-,16-,17+,18-,19-,22-/m0/s1. The Morgan fingerprint density at radius 3 is 2.25 bits per heavy atom. The van der Waals surface area contributed by atoms with Gasteiger partial charge in [0.25, 0.3) is 0 Å². The molecule has 5 saturated carbocycles. The van der Waals surface area contributed by atoms with E-state index in [2.05, 4.69) is 45.3 Å². The van der Waals surface area contributed by atoms with Crippen molar-refractivity contribution in [3.63, 3.8) is 0 Å². The molecule has 0 spiro atoms. The molecular weight excluding hydrogens is 292 g/mol. The average Bonchev–Trinajstić information content (AvgIpc) is 2.87. The van der Waals surface area contributed by atoms with E-state index in [-0.39, 0.29) is 0 Å². The second kappa shape index (κ2) is 5.71. The first kappa shape index (κ1) is 17.3. The molecule has 0 aromatic heterocycles. The van der Waals surface area contributed by atoms with E-state index in [1.807, 2.05) is 0 Å². The Morgan fingerprint density at radius 2 is 1.67 bits per heavy atom. The van der Waals surface area contributed by atoms with Crippen molar-refractivity contribution < 1.29 is 0 Å². The fourth-order valence-corrected chi connectivity index (χ4v) is 7.34. The van der Waals surface area contributed by atoms with Crippen LogP contribution in [0.5, 0.6) is 0 Å². The zero-order valence-corrected chi connectivity index (χ0v) is 16.8. The third kappa shape index (κ3) is 2.35. The Hall–Kier alpha value is -0.0800. The second-order valence-corrected chi connectivity index (χ2v) is 11.0. The highest BCUT2D eigenvalue weighted by Gasteiger charge is 2.61. The molecule has 2 N–H and O–H groups in total. The minimum Gasteiger partial charge on any atom is -0.315 e. The first-order chi connectivity index (χ1) is 11.3. The van der Waals surface area contributed by atoms with Crippen molar-refractivity contribution in [2.45, 2.75) is 79.2 Å². The molecule has 5 fully saturated rings. The van der Waals surface area contributed by atoms with Gasteiger partial charge in [0.05, 0.1) is 0 Å². The van der Waals surface area contributed by atoms with E-state index in [1.54, 1.807) is 0 Å². The Labute approximate surface area is 149 Å². The van der Waals surface area contributed by atoms with Crippen LogP contribution in [0.4, 0.5) is 0 Å². The zero-order valence-electron chi connectivity index (χ0n) is 16.8. The molecule has 138 valence electrons. The fraction of sp³-hybridized carbons (Fsp3) is 1.00. The van der Waals surface area contributed by atoms with Crippen LogP contribution in [0.2, 0.25) is 0 Å². The van der Waals surface area contributed by atoms with E-state index < -0.39 is 0 Å². The molecule has 0 saturated heterocycles. The Kier molecular flexibility index (Phi) is 4.12. The van der Waals surface area contributed by atoms with Gasteiger partial charge < -0.3 is 10.6 Å². The largest absolute Gasteiger partial charge is 0.315 e. The van der Waals surface area contributed by atoms with Gasteiger partial charge in [0.15, 0.2) is 0 Å². The second-order valence-electron chi connectivity index (χ2n) is 11.0. The van der Waals surface area contributed by atoms with Gasteiger partial charge in [-0.1, -0.05) is 34.6 Å². The molecule has 0 unspecified atom stereocenters. The molecule has 4 bridgehead atoms. The van der Waals surface area contributed by atoms with Crippen molar-refractivity contribution >= 4 is 0 Å². The SMILES string of the molecule is CC1(C)[C@H]2CC[C@@H](CNCCN[C@H]3C[C@H]4CC[C@]3(C)C4(C)C)[C@@H]1C2. The van der Waals surface area contributed by atoms with Gasteiger partial charge in [0.2, 0.25) is 0 Å². The molecule has 0 radical (unpaired) electrons. The molecule has 2 heteroatoms. The number of nitrogens with one attached hydrogen (secondary N) is 2. The Bertz CT molecular complexity index is 480. The zero-order chi connectivity index (χ0) is 17.2. The summed E-state index contributed by atoms with van der Waals surface area (Å²) in [7, 11) is 0. The topological polar surface area (TPSA) is 24.1 Å². The van der Waals surface area contributed by atoms with Crippen LogP contribution in [0, 0.1) is 39.9 Å². The lowest BCUT2D eigenvalue weighted by atomic mass is 9.45. The predicted molar refractivity (Wildman–Crippen MR) is 102 cm³/mol. The van der Waals surface area contributed by atoms with E-state index in [9.17, 15) is 0 Å². The number of rotatable bonds is 6. The Morgan fingerprint density at radius 1 is 0.875 bits per heavy atom. The van der Waals surface area contributed by atoms with Gasteiger partial charge in [-0.05, 0) is 85.0 Å². The minimum atomic E-state index is 0.520. The van der Waals surface area contributed by atoms with Crippen LogP contribution in [0.3, 0.4) is 0 Å². The van der Waals surface area contributed by atoms with Gasteiger partial charge in [0.1, 0.15) is 0 Å². The van der Waals surface area contributed by atoms with Crippen molar-refractivity contribution in [3.05, 3.63) is 0 Å². The summed E-state index contributed by atoms with van der Waals surface area (Å²) in [5, 5.41) is 7.71. The van der Waals surface area contributed by atoms with Crippen molar-refractivity contribution in [1.82, 2.24) is 10.6 Å². The highest BCUT2D eigenvalue weighted by molar-refractivity contribution is 5.13. The molecule has 5 aliphatic rings. The summed E-state index contributed by atoms with van der Waals surface area (Å²) in [5.41, 5.74) is 1.69. The highest BCUT2D eigenvalue weighted by atomic mass is 15.0. The van der Waals surface area contributed by atoms with Gasteiger partial charge in [-0.15, -0.1) is 0 Å².